The van der Waals surface area contributed by atoms with Crippen LogP contribution in [0.25, 0.3) is 0 Å². The molecule has 0 fully saturated rings. The largest absolute Gasteiger partial charge is 0.391 e. The fraction of sp³-hybridized carbons (Fsp3) is 0.938. The van der Waals surface area contributed by atoms with Crippen LogP contribution in [0.5, 0.6) is 0 Å². The van der Waals surface area contributed by atoms with Crippen molar-refractivity contribution < 1.29 is 36.4 Å². The smallest absolute Gasteiger partial charge is 0.0563 e. The molecule has 3 nitrogen and oxygen atoms in total. The first-order valence-electron chi connectivity index (χ1n) is 6.67. The van der Waals surface area contributed by atoms with Crippen molar-refractivity contribution in [1.29, 1.82) is 0 Å². The molecule has 0 aromatic carbocycles. The van der Waals surface area contributed by atoms with Crippen molar-refractivity contribution in [2.75, 3.05) is 0 Å². The topological polar surface area (TPSA) is 60.7 Å². The van der Waals surface area contributed by atoms with Crippen LogP contribution in [-0.4, -0.2) is 32.1 Å². The maximum atomic E-state index is 8.52. The first-order chi connectivity index (χ1) is 7.73. The normalized spacial score (nSPS) is 10.8. The van der Waals surface area contributed by atoms with Crippen molar-refractivity contribution in [3.63, 3.8) is 0 Å². The summed E-state index contributed by atoms with van der Waals surface area (Å²) in [4.78, 5) is 0. The molecule has 4 heteroatoms. The van der Waals surface area contributed by atoms with Crippen LogP contribution < -0.4 is 0 Å². The molecule has 0 aromatic rings. The molecule has 0 radical (unpaired) electrons. The SMILES string of the molecule is CC(C)(C)O.CC(C)(C)O.CC(C)(C)O.C[C-](C)C.[W]. The monoisotopic (exact) mass is 463 g/mol. The molecule has 0 atom stereocenters. The molecular weight excluding hydrogens is 424 g/mol. The van der Waals surface area contributed by atoms with E-state index in [1.54, 1.807) is 62.3 Å². The molecule has 0 aliphatic rings. The zero-order chi connectivity index (χ0) is 17.1. The van der Waals surface area contributed by atoms with Gasteiger partial charge in [-0.25, -0.2) is 0 Å². The third kappa shape index (κ3) is 17700. The molecular formula is C16H39O3W-. The van der Waals surface area contributed by atoms with Crippen molar-refractivity contribution in [1.82, 2.24) is 0 Å². The number of hydrogen-bond acceptors (Lipinski definition) is 3. The Kier molecular flexibility index (Phi) is 23.6. The Morgan fingerprint density at radius 3 is 0.500 bits per heavy atom. The summed E-state index contributed by atoms with van der Waals surface area (Å²) in [6.07, 6.45) is 0. The van der Waals surface area contributed by atoms with Gasteiger partial charge >= 0.3 is 0 Å². The van der Waals surface area contributed by atoms with Crippen LogP contribution >= 0.6 is 0 Å². The van der Waals surface area contributed by atoms with Crippen LogP contribution in [0.2, 0.25) is 0 Å². The summed E-state index contributed by atoms with van der Waals surface area (Å²) in [5, 5.41) is 25.6. The van der Waals surface area contributed by atoms with Gasteiger partial charge in [-0.05, 0) is 62.3 Å². The van der Waals surface area contributed by atoms with Gasteiger partial charge in [-0.15, -0.1) is 0 Å². The second-order valence-corrected chi connectivity index (χ2v) is 8.01. The fourth-order valence-corrected chi connectivity index (χ4v) is 0. The van der Waals surface area contributed by atoms with Crippen LogP contribution in [0.3, 0.4) is 0 Å². The van der Waals surface area contributed by atoms with Crippen LogP contribution in [-0.2, 0) is 21.1 Å². The van der Waals surface area contributed by atoms with Gasteiger partial charge < -0.3 is 21.2 Å². The molecule has 0 heterocycles. The Bertz CT molecular complexity index is 122. The molecule has 3 N–H and O–H groups in total. The van der Waals surface area contributed by atoms with E-state index >= 15 is 0 Å². The summed E-state index contributed by atoms with van der Waals surface area (Å²) < 4.78 is 0. The minimum Gasteiger partial charge on any atom is -0.391 e. The molecule has 0 aliphatic heterocycles. The zero-order valence-electron chi connectivity index (χ0n) is 15.7. The van der Waals surface area contributed by atoms with E-state index in [-0.39, 0.29) is 21.1 Å². The van der Waals surface area contributed by atoms with E-state index in [2.05, 4.69) is 20.8 Å². The first kappa shape index (κ1) is 32.5. The molecule has 0 spiro atoms. The Hall–Kier alpha value is 0.568. The average molecular weight is 463 g/mol. The summed E-state index contributed by atoms with van der Waals surface area (Å²) in [7, 11) is 0. The van der Waals surface area contributed by atoms with E-state index < -0.39 is 16.8 Å². The van der Waals surface area contributed by atoms with Gasteiger partial charge in [-0.1, -0.05) is 0 Å². The standard InChI is InChI=1S/3C4H10O.C4H9.W/c3*1-4(2,3)5;1-4(2)3;/h3*5H,1-3H3;1-3H3;/q;;;-1;. The van der Waals surface area contributed by atoms with Crippen molar-refractivity contribution in [3.8, 4) is 0 Å². The number of hydrogen-bond donors (Lipinski definition) is 3. The minimum absolute atomic E-state index is 0. The van der Waals surface area contributed by atoms with E-state index in [1.807, 2.05) is 0 Å². The maximum Gasteiger partial charge on any atom is 0.0563 e. The molecule has 0 saturated heterocycles. The summed E-state index contributed by atoms with van der Waals surface area (Å²) in [6, 6.07) is 0. The predicted octanol–water partition coefficient (Wildman–Crippen LogP) is 3.95. The zero-order valence-corrected chi connectivity index (χ0v) is 18.7. The minimum atomic E-state index is -0.500. The van der Waals surface area contributed by atoms with Crippen LogP contribution in [0.15, 0.2) is 0 Å². The Morgan fingerprint density at radius 1 is 0.500 bits per heavy atom. The van der Waals surface area contributed by atoms with E-state index in [0.717, 1.165) is 0 Å². The fourth-order valence-electron chi connectivity index (χ4n) is 0. The van der Waals surface area contributed by atoms with Crippen LogP contribution in [0, 0.1) is 5.92 Å². The average Bonchev–Trinajstić information content (AvgIpc) is 1.66. The van der Waals surface area contributed by atoms with E-state index in [0.29, 0.717) is 0 Å². The van der Waals surface area contributed by atoms with Gasteiger partial charge in [0, 0.05) is 21.1 Å². The van der Waals surface area contributed by atoms with Gasteiger partial charge in [0.05, 0.1) is 16.8 Å². The van der Waals surface area contributed by atoms with E-state index in [4.69, 9.17) is 15.3 Å². The quantitative estimate of drug-likeness (QED) is 0.477. The Balaban J connectivity index is -0.0000000494. The van der Waals surface area contributed by atoms with Gasteiger partial charge in [0.25, 0.3) is 0 Å². The molecule has 0 rings (SSSR count). The van der Waals surface area contributed by atoms with Gasteiger partial charge in [-0.3, -0.25) is 0 Å². The van der Waals surface area contributed by atoms with Gasteiger partial charge in [0.2, 0.25) is 0 Å². The molecule has 0 saturated carbocycles. The van der Waals surface area contributed by atoms with Crippen molar-refractivity contribution >= 4 is 0 Å². The summed E-state index contributed by atoms with van der Waals surface area (Å²) in [6.45, 7) is 21.9. The summed E-state index contributed by atoms with van der Waals surface area (Å²) in [5.74, 6) is 1.42. The molecule has 0 amide bonds. The molecule has 128 valence electrons. The summed E-state index contributed by atoms with van der Waals surface area (Å²) in [5.41, 5.74) is -1.50. The van der Waals surface area contributed by atoms with Gasteiger partial charge in [0.1, 0.15) is 0 Å². The third-order valence-electron chi connectivity index (χ3n) is 0. The Morgan fingerprint density at radius 2 is 0.500 bits per heavy atom. The van der Waals surface area contributed by atoms with Crippen LogP contribution in [0.4, 0.5) is 0 Å². The van der Waals surface area contributed by atoms with Gasteiger partial charge in [0.15, 0.2) is 0 Å². The molecule has 0 unspecified atom stereocenters. The Labute approximate surface area is 142 Å². The molecule has 0 aromatic heterocycles. The third-order valence-corrected chi connectivity index (χ3v) is 0. The first-order valence-corrected chi connectivity index (χ1v) is 6.67. The second-order valence-electron chi connectivity index (χ2n) is 8.01. The molecule has 0 bridgehead atoms. The number of aliphatic hydroxyl groups is 3. The van der Waals surface area contributed by atoms with E-state index in [9.17, 15) is 0 Å². The van der Waals surface area contributed by atoms with Crippen molar-refractivity contribution in [2.45, 2.75) is 99.9 Å². The predicted molar refractivity (Wildman–Crippen MR) is 86.2 cm³/mol. The van der Waals surface area contributed by atoms with Crippen molar-refractivity contribution in [3.05, 3.63) is 5.92 Å². The molecule has 0 aliphatic carbocycles. The number of rotatable bonds is 0. The summed E-state index contributed by atoms with van der Waals surface area (Å²) >= 11 is 0. The maximum absolute atomic E-state index is 8.52. The van der Waals surface area contributed by atoms with Crippen LogP contribution in [0.1, 0.15) is 83.1 Å². The van der Waals surface area contributed by atoms with Crippen molar-refractivity contribution in [2.24, 2.45) is 0 Å². The second kappa shape index (κ2) is 14.5. The molecule has 20 heavy (non-hydrogen) atoms. The van der Waals surface area contributed by atoms with E-state index in [1.165, 1.54) is 5.92 Å². The van der Waals surface area contributed by atoms with Gasteiger partial charge in [-0.2, -0.15) is 20.8 Å².